The van der Waals surface area contributed by atoms with E-state index in [1.54, 1.807) is 0 Å². The van der Waals surface area contributed by atoms with Crippen molar-refractivity contribution in [2.24, 2.45) is 0 Å². The monoisotopic (exact) mass is 417 g/mol. The third-order valence-electron chi connectivity index (χ3n) is 4.74. The fourth-order valence-corrected chi connectivity index (χ4v) is 4.18. The Morgan fingerprint density at radius 2 is 2.03 bits per heavy atom. The van der Waals surface area contributed by atoms with Crippen LogP contribution in [0.15, 0.2) is 58.9 Å². The maximum atomic E-state index is 12.8. The summed E-state index contributed by atoms with van der Waals surface area (Å²) in [7, 11) is 0. The summed E-state index contributed by atoms with van der Waals surface area (Å²) < 4.78 is 13.3. The Labute approximate surface area is 176 Å². The van der Waals surface area contributed by atoms with E-state index >= 15 is 0 Å². The molecule has 30 heavy (non-hydrogen) atoms. The van der Waals surface area contributed by atoms with Crippen molar-refractivity contribution < 1.29 is 9.47 Å². The summed E-state index contributed by atoms with van der Waals surface area (Å²) in [6.45, 7) is 3.19. The van der Waals surface area contributed by atoms with E-state index in [0.29, 0.717) is 28.5 Å². The Morgan fingerprint density at radius 3 is 2.83 bits per heavy atom. The summed E-state index contributed by atoms with van der Waals surface area (Å²) in [5, 5.41) is 4.42. The summed E-state index contributed by atoms with van der Waals surface area (Å²) in [5.41, 5.74) is 2.63. The number of ether oxygens (including phenoxy) is 2. The first-order valence-corrected chi connectivity index (χ1v) is 10.6. The van der Waals surface area contributed by atoms with Gasteiger partial charge in [0, 0.05) is 11.1 Å². The van der Waals surface area contributed by atoms with Crippen molar-refractivity contribution in [2.75, 3.05) is 13.2 Å². The highest BCUT2D eigenvalue weighted by molar-refractivity contribution is 7.15. The van der Waals surface area contributed by atoms with Crippen LogP contribution in [-0.2, 0) is 0 Å². The van der Waals surface area contributed by atoms with E-state index in [-0.39, 0.29) is 5.56 Å². The van der Waals surface area contributed by atoms with Gasteiger partial charge in [0.05, 0.1) is 11.1 Å². The summed E-state index contributed by atoms with van der Waals surface area (Å²) in [4.78, 5) is 17.9. The SMILES string of the molecule is CCCOc1ccc(-c2nc3s/c(=C\C4=Cc5ccccc5OC4)c(=O)n3n2)cc1. The van der Waals surface area contributed by atoms with Gasteiger partial charge < -0.3 is 9.47 Å². The molecular formula is C23H19N3O3S. The molecule has 0 atom stereocenters. The number of aromatic nitrogens is 3. The molecule has 4 aromatic rings. The summed E-state index contributed by atoms with van der Waals surface area (Å²) in [6, 6.07) is 15.4. The number of hydrogen-bond donors (Lipinski definition) is 0. The van der Waals surface area contributed by atoms with Crippen LogP contribution < -0.4 is 19.6 Å². The van der Waals surface area contributed by atoms with Gasteiger partial charge in [-0.05, 0) is 54.5 Å². The predicted molar refractivity (Wildman–Crippen MR) is 118 cm³/mol. The first kappa shape index (κ1) is 18.6. The van der Waals surface area contributed by atoms with E-state index in [4.69, 9.17) is 9.47 Å². The topological polar surface area (TPSA) is 65.7 Å². The molecule has 2 aromatic carbocycles. The molecule has 3 heterocycles. The van der Waals surface area contributed by atoms with E-state index in [1.165, 1.54) is 15.9 Å². The van der Waals surface area contributed by atoms with Crippen LogP contribution in [0.4, 0.5) is 0 Å². The summed E-state index contributed by atoms with van der Waals surface area (Å²) in [5.74, 6) is 2.20. The molecule has 1 aliphatic rings. The highest BCUT2D eigenvalue weighted by Crippen LogP contribution is 2.26. The number of rotatable bonds is 5. The average Bonchev–Trinajstić information content (AvgIpc) is 3.32. The number of thiazole rings is 1. The van der Waals surface area contributed by atoms with Crippen LogP contribution in [0.1, 0.15) is 18.9 Å². The van der Waals surface area contributed by atoms with Crippen molar-refractivity contribution in [3.8, 4) is 22.9 Å². The largest absolute Gasteiger partial charge is 0.494 e. The smallest absolute Gasteiger partial charge is 0.291 e. The number of benzene rings is 2. The Morgan fingerprint density at radius 1 is 1.20 bits per heavy atom. The maximum Gasteiger partial charge on any atom is 0.291 e. The molecule has 0 bridgehead atoms. The van der Waals surface area contributed by atoms with E-state index in [1.807, 2.05) is 60.7 Å². The minimum atomic E-state index is -0.170. The number of fused-ring (bicyclic) bond motifs is 2. The lowest BCUT2D eigenvalue weighted by Gasteiger charge is -2.15. The van der Waals surface area contributed by atoms with Gasteiger partial charge in [-0.2, -0.15) is 9.50 Å². The Bertz CT molecular complexity index is 1350. The Balaban J connectivity index is 1.45. The molecule has 2 aromatic heterocycles. The molecule has 1 aliphatic heterocycles. The first-order chi connectivity index (χ1) is 14.7. The van der Waals surface area contributed by atoms with E-state index in [9.17, 15) is 4.79 Å². The Hall–Kier alpha value is -3.45. The molecule has 0 spiro atoms. The van der Waals surface area contributed by atoms with Crippen molar-refractivity contribution in [3.63, 3.8) is 0 Å². The van der Waals surface area contributed by atoms with Crippen molar-refractivity contribution in [1.82, 2.24) is 14.6 Å². The van der Waals surface area contributed by atoms with Crippen LogP contribution in [0.25, 0.3) is 28.5 Å². The molecule has 0 amide bonds. The lowest BCUT2D eigenvalue weighted by molar-refractivity contribution is 0.317. The molecule has 0 unspecified atom stereocenters. The van der Waals surface area contributed by atoms with Crippen LogP contribution >= 0.6 is 11.3 Å². The van der Waals surface area contributed by atoms with Gasteiger partial charge in [-0.25, -0.2) is 0 Å². The molecule has 0 saturated carbocycles. The summed E-state index contributed by atoms with van der Waals surface area (Å²) >= 11 is 1.33. The van der Waals surface area contributed by atoms with Crippen molar-refractivity contribution in [1.29, 1.82) is 0 Å². The maximum absolute atomic E-state index is 12.8. The molecule has 0 radical (unpaired) electrons. The Kier molecular flexibility index (Phi) is 4.80. The zero-order chi connectivity index (χ0) is 20.5. The average molecular weight is 417 g/mol. The predicted octanol–water partition coefficient (Wildman–Crippen LogP) is 3.58. The number of para-hydroxylation sites is 1. The van der Waals surface area contributed by atoms with Crippen molar-refractivity contribution in [3.05, 3.63) is 74.6 Å². The van der Waals surface area contributed by atoms with Gasteiger partial charge in [0.25, 0.3) is 5.56 Å². The standard InChI is InChI=1S/C23H19N3O3S/c1-2-11-28-18-9-7-16(8-10-18)21-24-23-26(25-21)22(27)20(30-23)13-15-12-17-5-3-4-6-19(17)29-14-15/h3-10,12-13H,2,11,14H2,1H3/b20-13-. The van der Waals surface area contributed by atoms with Crippen molar-refractivity contribution >= 4 is 28.4 Å². The number of nitrogens with zero attached hydrogens (tertiary/aromatic N) is 3. The molecule has 6 nitrogen and oxygen atoms in total. The van der Waals surface area contributed by atoms with Crippen LogP contribution in [-0.4, -0.2) is 27.8 Å². The van der Waals surface area contributed by atoms with Crippen LogP contribution in [0.3, 0.4) is 0 Å². The highest BCUT2D eigenvalue weighted by atomic mass is 32.1. The molecular weight excluding hydrogens is 398 g/mol. The second-order valence-electron chi connectivity index (χ2n) is 6.96. The van der Waals surface area contributed by atoms with Gasteiger partial charge in [-0.1, -0.05) is 36.5 Å². The highest BCUT2D eigenvalue weighted by Gasteiger charge is 2.14. The second kappa shape index (κ2) is 7.76. The first-order valence-electron chi connectivity index (χ1n) is 9.78. The third kappa shape index (κ3) is 3.48. The molecule has 0 aliphatic carbocycles. The van der Waals surface area contributed by atoms with Gasteiger partial charge in [-0.3, -0.25) is 4.79 Å². The lowest BCUT2D eigenvalue weighted by atomic mass is 10.1. The van der Waals surface area contributed by atoms with E-state index < -0.39 is 0 Å². The van der Waals surface area contributed by atoms with Gasteiger partial charge >= 0.3 is 0 Å². The quantitative estimate of drug-likeness (QED) is 0.497. The zero-order valence-electron chi connectivity index (χ0n) is 16.4. The van der Waals surface area contributed by atoms with Crippen molar-refractivity contribution in [2.45, 2.75) is 13.3 Å². The van der Waals surface area contributed by atoms with Crippen LogP contribution in [0, 0.1) is 0 Å². The zero-order valence-corrected chi connectivity index (χ0v) is 17.2. The number of hydrogen-bond acceptors (Lipinski definition) is 6. The van der Waals surface area contributed by atoms with Gasteiger partial charge in [0.1, 0.15) is 18.1 Å². The molecule has 0 saturated heterocycles. The minimum absolute atomic E-state index is 0.170. The van der Waals surface area contributed by atoms with E-state index in [2.05, 4.69) is 17.0 Å². The summed E-state index contributed by atoms with van der Waals surface area (Å²) in [6.07, 6.45) is 4.86. The van der Waals surface area contributed by atoms with Gasteiger partial charge in [0.15, 0.2) is 5.82 Å². The lowest BCUT2D eigenvalue weighted by Crippen LogP contribution is -2.24. The van der Waals surface area contributed by atoms with Crippen LogP contribution in [0.5, 0.6) is 11.5 Å². The second-order valence-corrected chi connectivity index (χ2v) is 7.97. The normalized spacial score (nSPS) is 13.8. The fraction of sp³-hybridized carbons (Fsp3) is 0.174. The third-order valence-corrected chi connectivity index (χ3v) is 5.70. The van der Waals surface area contributed by atoms with Gasteiger partial charge in [0.2, 0.25) is 4.96 Å². The molecule has 0 N–H and O–H groups in total. The molecule has 7 heteroatoms. The van der Waals surface area contributed by atoms with E-state index in [0.717, 1.165) is 34.6 Å². The molecule has 5 rings (SSSR count). The minimum Gasteiger partial charge on any atom is -0.494 e. The molecule has 150 valence electrons. The molecule has 0 fully saturated rings. The van der Waals surface area contributed by atoms with Crippen LogP contribution in [0.2, 0.25) is 0 Å². The fourth-order valence-electron chi connectivity index (χ4n) is 3.26. The van der Waals surface area contributed by atoms with Gasteiger partial charge in [-0.15, -0.1) is 5.10 Å².